The van der Waals surface area contributed by atoms with Gasteiger partial charge in [0.05, 0.1) is 12.5 Å². The molecule has 0 aliphatic carbocycles. The molecule has 2 aliphatic rings. The zero-order valence-electron chi connectivity index (χ0n) is 15.8. The first-order chi connectivity index (χ1) is 13.5. The summed E-state index contributed by atoms with van der Waals surface area (Å²) in [4.78, 5) is 14.8. The number of para-hydroxylation sites is 1. The fourth-order valence-electron chi connectivity index (χ4n) is 4.00. The van der Waals surface area contributed by atoms with Gasteiger partial charge in [0.2, 0.25) is 15.9 Å². The van der Waals surface area contributed by atoms with Gasteiger partial charge in [-0.05, 0) is 24.1 Å². The zero-order valence-corrected chi connectivity index (χ0v) is 16.6. The summed E-state index contributed by atoms with van der Waals surface area (Å²) in [7, 11) is -2.01. The van der Waals surface area contributed by atoms with E-state index >= 15 is 0 Å². The first-order valence-corrected chi connectivity index (χ1v) is 11.0. The zero-order chi connectivity index (χ0) is 19.7. The Morgan fingerprint density at radius 1 is 1.04 bits per heavy atom. The van der Waals surface area contributed by atoms with Gasteiger partial charge in [0, 0.05) is 26.6 Å². The molecule has 2 aliphatic heterocycles. The van der Waals surface area contributed by atoms with E-state index < -0.39 is 10.0 Å². The minimum Gasteiger partial charge on any atom is -0.487 e. The number of likely N-dealkylation sites (N-methyl/N-ethyl adjacent to an activating group) is 1. The number of ether oxygens (including phenoxy) is 1. The molecule has 2 atom stereocenters. The van der Waals surface area contributed by atoms with Crippen molar-refractivity contribution >= 4 is 15.9 Å². The van der Waals surface area contributed by atoms with E-state index in [0.29, 0.717) is 38.1 Å². The molecule has 28 heavy (non-hydrogen) atoms. The van der Waals surface area contributed by atoms with Crippen molar-refractivity contribution < 1.29 is 17.9 Å². The predicted octanol–water partition coefficient (Wildman–Crippen LogP) is 2.30. The number of carbonyl (C=O) groups excluding carboxylic acids is 1. The Hall–Kier alpha value is -2.38. The Balaban J connectivity index is 1.54. The molecule has 1 amide bonds. The van der Waals surface area contributed by atoms with E-state index in [0.717, 1.165) is 5.56 Å². The highest BCUT2D eigenvalue weighted by molar-refractivity contribution is 7.89. The van der Waals surface area contributed by atoms with Crippen LogP contribution in [0.4, 0.5) is 0 Å². The van der Waals surface area contributed by atoms with Gasteiger partial charge in [0.1, 0.15) is 16.7 Å². The van der Waals surface area contributed by atoms with Crippen molar-refractivity contribution in [3.63, 3.8) is 0 Å². The Kier molecular flexibility index (Phi) is 5.12. The molecule has 0 saturated carbocycles. The second-order valence-corrected chi connectivity index (χ2v) is 9.28. The van der Waals surface area contributed by atoms with Crippen LogP contribution in [0, 0.1) is 0 Å². The number of nitrogens with zero attached hydrogens (tertiary/aromatic N) is 2. The Morgan fingerprint density at radius 3 is 2.50 bits per heavy atom. The summed E-state index contributed by atoms with van der Waals surface area (Å²) in [6.45, 7) is 1.08. The van der Waals surface area contributed by atoms with Crippen LogP contribution in [0.5, 0.6) is 5.75 Å². The van der Waals surface area contributed by atoms with Crippen LogP contribution in [0.3, 0.4) is 0 Å². The van der Waals surface area contributed by atoms with Crippen LogP contribution in [0.25, 0.3) is 0 Å². The molecule has 0 radical (unpaired) electrons. The first-order valence-electron chi connectivity index (χ1n) is 9.52. The van der Waals surface area contributed by atoms with Gasteiger partial charge < -0.3 is 9.64 Å². The van der Waals surface area contributed by atoms with Gasteiger partial charge in [-0.2, -0.15) is 4.31 Å². The highest BCUT2D eigenvalue weighted by Crippen LogP contribution is 2.35. The van der Waals surface area contributed by atoms with Crippen LogP contribution in [0.1, 0.15) is 18.4 Å². The average molecular weight is 401 g/mol. The second kappa shape index (κ2) is 7.56. The van der Waals surface area contributed by atoms with Gasteiger partial charge in [0.25, 0.3) is 0 Å². The summed E-state index contributed by atoms with van der Waals surface area (Å²) in [6, 6.07) is 16.1. The van der Waals surface area contributed by atoms with Crippen molar-refractivity contribution in [2.24, 2.45) is 0 Å². The minimum absolute atomic E-state index is 0.0635. The highest BCUT2D eigenvalue weighted by Gasteiger charge is 2.41. The fraction of sp³-hybridized carbons (Fsp3) is 0.381. The normalized spacial score (nSPS) is 24.2. The van der Waals surface area contributed by atoms with Crippen LogP contribution in [0.15, 0.2) is 59.5 Å². The molecule has 0 spiro atoms. The summed E-state index contributed by atoms with van der Waals surface area (Å²) < 4.78 is 33.6. The molecule has 0 N–H and O–H groups in total. The minimum atomic E-state index is -3.63. The molecule has 4 rings (SSSR count). The van der Waals surface area contributed by atoms with E-state index in [4.69, 9.17) is 4.74 Å². The van der Waals surface area contributed by atoms with E-state index in [2.05, 4.69) is 0 Å². The number of hydrogen-bond acceptors (Lipinski definition) is 4. The highest BCUT2D eigenvalue weighted by atomic mass is 32.2. The number of carbonyl (C=O) groups is 1. The standard InChI is InChI=1S/C21H24N2O4S/c1-22-17-11-13-23(21(24)15-16-7-3-2-4-8-16)14-12-18(17)27-19-9-5-6-10-20(19)28(22,25)26/h2-10,17-18H,11-15H2,1H3/t17-,18-/m1/s1. The van der Waals surface area contributed by atoms with Gasteiger partial charge in [-0.25, -0.2) is 8.42 Å². The molecule has 1 saturated heterocycles. The van der Waals surface area contributed by atoms with Crippen LogP contribution in [0.2, 0.25) is 0 Å². The maximum absolute atomic E-state index is 13.0. The molecule has 2 aromatic rings. The monoisotopic (exact) mass is 400 g/mol. The van der Waals surface area contributed by atoms with Gasteiger partial charge in [-0.3, -0.25) is 4.79 Å². The smallest absolute Gasteiger partial charge is 0.246 e. The fourth-order valence-corrected chi connectivity index (χ4v) is 5.53. The lowest BCUT2D eigenvalue weighted by molar-refractivity contribution is -0.130. The molecule has 7 heteroatoms. The third kappa shape index (κ3) is 3.52. The maximum Gasteiger partial charge on any atom is 0.246 e. The van der Waals surface area contributed by atoms with E-state index in [9.17, 15) is 13.2 Å². The lowest BCUT2D eigenvalue weighted by Gasteiger charge is -2.28. The van der Waals surface area contributed by atoms with Crippen LogP contribution in [-0.2, 0) is 21.2 Å². The van der Waals surface area contributed by atoms with Crippen molar-refractivity contribution in [3.05, 3.63) is 60.2 Å². The summed E-state index contributed by atoms with van der Waals surface area (Å²) in [5.41, 5.74) is 0.982. The number of benzene rings is 2. The maximum atomic E-state index is 13.0. The summed E-state index contributed by atoms with van der Waals surface area (Å²) >= 11 is 0. The Bertz CT molecular complexity index is 961. The molecule has 2 heterocycles. The Morgan fingerprint density at radius 2 is 1.71 bits per heavy atom. The molecular formula is C21H24N2O4S. The quantitative estimate of drug-likeness (QED) is 0.776. The number of likely N-dealkylation sites (tertiary alicyclic amines) is 1. The first kappa shape index (κ1) is 19.0. The van der Waals surface area contributed by atoms with E-state index in [1.54, 1.807) is 31.3 Å². The van der Waals surface area contributed by atoms with E-state index in [1.165, 1.54) is 4.31 Å². The van der Waals surface area contributed by atoms with Crippen LogP contribution >= 0.6 is 0 Å². The van der Waals surface area contributed by atoms with Crippen molar-refractivity contribution in [2.75, 3.05) is 20.1 Å². The van der Waals surface area contributed by atoms with Gasteiger partial charge in [-0.1, -0.05) is 42.5 Å². The van der Waals surface area contributed by atoms with Crippen LogP contribution in [-0.4, -0.2) is 55.8 Å². The Labute approximate surface area is 165 Å². The van der Waals surface area contributed by atoms with Gasteiger partial charge in [-0.15, -0.1) is 0 Å². The van der Waals surface area contributed by atoms with Crippen molar-refractivity contribution in [1.82, 2.24) is 9.21 Å². The van der Waals surface area contributed by atoms with E-state index in [-0.39, 0.29) is 22.9 Å². The van der Waals surface area contributed by atoms with Gasteiger partial charge >= 0.3 is 0 Å². The molecule has 6 nitrogen and oxygen atoms in total. The number of hydrogen-bond donors (Lipinski definition) is 0. The predicted molar refractivity (Wildman–Crippen MR) is 106 cm³/mol. The summed E-state index contributed by atoms with van der Waals surface area (Å²) in [5, 5.41) is 0. The lowest BCUT2D eigenvalue weighted by Crippen LogP contribution is -2.44. The number of sulfonamides is 1. The topological polar surface area (TPSA) is 66.9 Å². The summed E-state index contributed by atoms with van der Waals surface area (Å²) in [5.74, 6) is 0.458. The van der Waals surface area contributed by atoms with Crippen LogP contribution < -0.4 is 4.74 Å². The number of amides is 1. The number of fused-ring (bicyclic) bond motifs is 2. The molecular weight excluding hydrogens is 376 g/mol. The largest absolute Gasteiger partial charge is 0.487 e. The third-order valence-electron chi connectivity index (χ3n) is 5.61. The van der Waals surface area contributed by atoms with Gasteiger partial charge in [0.15, 0.2) is 0 Å². The molecule has 1 fully saturated rings. The third-order valence-corrected chi connectivity index (χ3v) is 7.53. The second-order valence-electron chi connectivity index (χ2n) is 7.31. The summed E-state index contributed by atoms with van der Waals surface area (Å²) in [6.07, 6.45) is 1.22. The average Bonchev–Trinajstić information content (AvgIpc) is 2.94. The SMILES string of the molecule is CN1[C@@H]2CCN(C(=O)Cc3ccccc3)CC[C@H]2Oc2ccccc2S1(=O)=O. The van der Waals surface area contributed by atoms with Crippen molar-refractivity contribution in [3.8, 4) is 5.75 Å². The molecule has 0 unspecified atom stereocenters. The molecule has 0 bridgehead atoms. The molecule has 2 aromatic carbocycles. The van der Waals surface area contributed by atoms with Crippen molar-refractivity contribution in [2.45, 2.75) is 36.3 Å². The van der Waals surface area contributed by atoms with Crippen molar-refractivity contribution in [1.29, 1.82) is 0 Å². The van der Waals surface area contributed by atoms with E-state index in [1.807, 2.05) is 35.2 Å². The number of rotatable bonds is 2. The molecule has 0 aromatic heterocycles. The lowest BCUT2D eigenvalue weighted by atomic mass is 10.1. The molecule has 148 valence electrons.